The second-order valence-corrected chi connectivity index (χ2v) is 22.5. The molecule has 4 unspecified atom stereocenters. The van der Waals surface area contributed by atoms with Crippen molar-refractivity contribution >= 4 is 66.6 Å². The average Bonchev–Trinajstić information content (AvgIpc) is 3.80. The normalized spacial score (nSPS) is 14.7. The van der Waals surface area contributed by atoms with E-state index >= 15 is 0 Å². The van der Waals surface area contributed by atoms with Gasteiger partial charge in [0.15, 0.2) is 0 Å². The molecule has 51 heavy (non-hydrogen) atoms. The van der Waals surface area contributed by atoms with E-state index in [0.29, 0.717) is 0 Å². The number of halogens is 2. The van der Waals surface area contributed by atoms with Gasteiger partial charge in [-0.2, -0.15) is 12.1 Å². The monoisotopic (exact) mass is 788 g/mol. The van der Waals surface area contributed by atoms with E-state index in [0.717, 1.165) is 22.6 Å². The van der Waals surface area contributed by atoms with Crippen molar-refractivity contribution in [3.8, 4) is 22.3 Å². The van der Waals surface area contributed by atoms with Gasteiger partial charge in [-0.15, -0.1) is 68.6 Å². The molecule has 0 aromatic heterocycles. The number of hydrogen-bond donors (Lipinski definition) is 0. The summed E-state index contributed by atoms with van der Waals surface area (Å²) in [7, 11) is 9.56. The zero-order chi connectivity index (χ0) is 36.9. The Morgan fingerprint density at radius 2 is 0.804 bits per heavy atom. The van der Waals surface area contributed by atoms with E-state index in [1.807, 2.05) is 0 Å². The molecular weight excluding hydrogens is 733 g/mol. The first-order valence-corrected chi connectivity index (χ1v) is 26.0. The van der Waals surface area contributed by atoms with Crippen molar-refractivity contribution in [2.45, 2.75) is 104 Å². The van der Waals surface area contributed by atoms with E-state index in [-0.39, 0.29) is 15.8 Å². The van der Waals surface area contributed by atoms with E-state index < -0.39 is 17.0 Å². The Morgan fingerprint density at radius 3 is 1.10 bits per heavy atom. The molecule has 0 radical (unpaired) electrons. The molecule has 0 bridgehead atoms. The Labute approximate surface area is 328 Å². The summed E-state index contributed by atoms with van der Waals surface area (Å²) in [6.45, 7) is 19.1. The van der Waals surface area contributed by atoms with Crippen LogP contribution >= 0.6 is 34.5 Å². The van der Waals surface area contributed by atoms with E-state index in [1.165, 1.54) is 69.5 Å². The molecular formula is C46H56Cl2P2Ti-2. The maximum absolute atomic E-state index is 4.89. The van der Waals surface area contributed by atoms with Gasteiger partial charge in [0.1, 0.15) is 0 Å². The SMILES string of the molecule is CCC(C)P(c1cc2c(-c3ccccc3)cccc2[cH-]1)C(C)CC.CCC(C)P(c1cc2c(-c3ccccc3)cccc2[cH-]1)C(C)CC.[Cl][Ti][Cl]. The summed E-state index contributed by atoms with van der Waals surface area (Å²) in [4.78, 5) is 0. The molecule has 0 N–H and O–H groups in total. The fourth-order valence-electron chi connectivity index (χ4n) is 7.15. The zero-order valence-electron chi connectivity index (χ0n) is 31.8. The average molecular weight is 790 g/mol. The summed E-state index contributed by atoms with van der Waals surface area (Å²) in [6, 6.07) is 44.9. The quantitative estimate of drug-likeness (QED) is 0.0658. The van der Waals surface area contributed by atoms with Gasteiger partial charge < -0.3 is 0 Å². The van der Waals surface area contributed by atoms with E-state index in [2.05, 4.69) is 177 Å². The molecule has 0 fully saturated rings. The van der Waals surface area contributed by atoms with Crippen LogP contribution in [0.15, 0.2) is 121 Å². The second kappa shape index (κ2) is 21.2. The van der Waals surface area contributed by atoms with Gasteiger partial charge in [-0.3, -0.25) is 0 Å². The van der Waals surface area contributed by atoms with Crippen molar-refractivity contribution in [3.05, 3.63) is 121 Å². The predicted molar refractivity (Wildman–Crippen MR) is 234 cm³/mol. The third-order valence-electron chi connectivity index (χ3n) is 10.5. The van der Waals surface area contributed by atoms with Crippen molar-refractivity contribution < 1.29 is 17.0 Å². The minimum atomic E-state index is -0.556. The van der Waals surface area contributed by atoms with Gasteiger partial charge in [0.05, 0.1) is 0 Å². The molecule has 0 saturated heterocycles. The molecule has 6 rings (SSSR count). The van der Waals surface area contributed by atoms with Gasteiger partial charge >= 0.3 is 35.6 Å². The maximum atomic E-state index is 4.89. The summed E-state index contributed by atoms with van der Waals surface area (Å²) in [5.74, 6) is 0. The van der Waals surface area contributed by atoms with Crippen LogP contribution in [-0.2, 0) is 17.0 Å². The fourth-order valence-corrected chi connectivity index (χ4v) is 13.6. The molecule has 0 heterocycles. The van der Waals surface area contributed by atoms with Crippen LogP contribution in [0.1, 0.15) is 81.1 Å². The van der Waals surface area contributed by atoms with E-state index in [1.54, 1.807) is 10.6 Å². The van der Waals surface area contributed by atoms with Crippen LogP contribution < -0.4 is 10.6 Å². The van der Waals surface area contributed by atoms with Crippen LogP contribution in [0.25, 0.3) is 43.8 Å². The third kappa shape index (κ3) is 10.7. The zero-order valence-corrected chi connectivity index (χ0v) is 36.7. The van der Waals surface area contributed by atoms with Gasteiger partial charge in [0, 0.05) is 0 Å². The van der Waals surface area contributed by atoms with Crippen LogP contribution in [0.5, 0.6) is 0 Å². The summed E-state index contributed by atoms with van der Waals surface area (Å²) in [5.41, 5.74) is 8.50. The Balaban J connectivity index is 0.000000212. The molecule has 6 aromatic carbocycles. The van der Waals surface area contributed by atoms with Crippen molar-refractivity contribution in [2.24, 2.45) is 0 Å². The molecule has 270 valence electrons. The molecule has 0 aliphatic heterocycles. The summed E-state index contributed by atoms with van der Waals surface area (Å²) in [6.07, 6.45) is 5.07. The molecule has 0 nitrogen and oxygen atoms in total. The summed E-state index contributed by atoms with van der Waals surface area (Å²) in [5, 5.41) is 8.80. The van der Waals surface area contributed by atoms with Crippen LogP contribution in [0.3, 0.4) is 0 Å². The number of hydrogen-bond acceptors (Lipinski definition) is 0. The number of rotatable bonds is 12. The molecule has 4 atom stereocenters. The number of benzene rings is 4. The van der Waals surface area contributed by atoms with E-state index in [9.17, 15) is 0 Å². The van der Waals surface area contributed by atoms with Crippen LogP contribution in [-0.4, -0.2) is 22.6 Å². The molecule has 0 aliphatic rings. The van der Waals surface area contributed by atoms with Gasteiger partial charge in [-0.05, 0) is 59.4 Å². The standard InChI is InChI=1S/2C23H28P.2ClH.Ti/c2*1-5-17(3)24(18(4)6-2)21-15-20-13-10-14-22(23(20)16-21)19-11-8-7-9-12-19;;;/h2*7-18H,5-6H2,1-4H3;2*1H;/q2*-1;;;+2/p-2. The molecule has 5 heteroatoms. The molecule has 0 spiro atoms. The van der Waals surface area contributed by atoms with Crippen molar-refractivity contribution in [1.82, 2.24) is 0 Å². The number of fused-ring (bicyclic) bond motifs is 2. The van der Waals surface area contributed by atoms with Crippen molar-refractivity contribution in [1.29, 1.82) is 0 Å². The van der Waals surface area contributed by atoms with Gasteiger partial charge in [-0.25, -0.2) is 0 Å². The Kier molecular flexibility index (Phi) is 17.5. The Bertz CT molecular complexity index is 1720. The molecule has 0 saturated carbocycles. The summed E-state index contributed by atoms with van der Waals surface area (Å²) < 4.78 is 0. The Hall–Kier alpha value is -1.75. The molecule has 0 aliphatic carbocycles. The van der Waals surface area contributed by atoms with Gasteiger partial charge in [-0.1, -0.05) is 155 Å². The second-order valence-electron chi connectivity index (χ2n) is 13.7. The first kappa shape index (κ1) is 42.0. The predicted octanol–water partition coefficient (Wildman–Crippen LogP) is 15.2. The van der Waals surface area contributed by atoms with Crippen LogP contribution in [0, 0.1) is 0 Å². The van der Waals surface area contributed by atoms with Gasteiger partial charge in [0.25, 0.3) is 0 Å². The Morgan fingerprint density at radius 1 is 0.490 bits per heavy atom. The van der Waals surface area contributed by atoms with Crippen molar-refractivity contribution in [3.63, 3.8) is 0 Å². The van der Waals surface area contributed by atoms with Crippen molar-refractivity contribution in [2.75, 3.05) is 0 Å². The van der Waals surface area contributed by atoms with E-state index in [4.69, 9.17) is 18.6 Å². The first-order chi connectivity index (χ1) is 24.7. The minimum absolute atomic E-state index is 0.106. The molecule has 6 aromatic rings. The topological polar surface area (TPSA) is 0 Å². The fraction of sp³-hybridized carbons (Fsp3) is 0.348. The van der Waals surface area contributed by atoms with Crippen LogP contribution in [0.4, 0.5) is 0 Å². The van der Waals surface area contributed by atoms with Gasteiger partial charge in [0.2, 0.25) is 0 Å². The first-order valence-electron chi connectivity index (χ1n) is 18.7. The third-order valence-corrected chi connectivity index (χ3v) is 17.5. The summed E-state index contributed by atoms with van der Waals surface area (Å²) >= 11 is -0.556. The van der Waals surface area contributed by atoms with Crippen LogP contribution in [0.2, 0.25) is 0 Å². The molecule has 0 amide bonds.